The maximum absolute atomic E-state index is 12.2. The number of likely N-dealkylation sites (N-methyl/N-ethyl adjacent to an activating group) is 1. The molecule has 0 rings (SSSR count). The molecule has 0 radical (unpaired) electrons. The minimum atomic E-state index is -4.30. The van der Waals surface area contributed by atoms with E-state index in [1.54, 1.807) is 6.92 Å². The fraction of sp³-hybridized carbons (Fsp3) is 0.889. The standard InChI is InChI=1S/C9H17F3N2O2/c1-3-4-14(6-9(10,11)12)5-7(13-2)8(15)16/h7,13H,3-6H2,1-2H3,(H,15,16). The van der Waals surface area contributed by atoms with Crippen LogP contribution in [0.15, 0.2) is 0 Å². The van der Waals surface area contributed by atoms with Crippen LogP contribution in [-0.2, 0) is 4.79 Å². The van der Waals surface area contributed by atoms with Crippen LogP contribution in [0.4, 0.5) is 13.2 Å². The first-order chi connectivity index (χ1) is 7.30. The Labute approximate surface area is 92.4 Å². The number of hydrogen-bond acceptors (Lipinski definition) is 3. The van der Waals surface area contributed by atoms with Gasteiger partial charge in [-0.3, -0.25) is 9.69 Å². The number of aliphatic carboxylic acids is 1. The third kappa shape index (κ3) is 6.62. The molecule has 0 spiro atoms. The van der Waals surface area contributed by atoms with E-state index in [0.717, 1.165) is 4.90 Å². The first-order valence-electron chi connectivity index (χ1n) is 4.99. The van der Waals surface area contributed by atoms with Crippen LogP contribution in [-0.4, -0.2) is 54.9 Å². The maximum Gasteiger partial charge on any atom is 0.401 e. The molecular formula is C9H17F3N2O2. The summed E-state index contributed by atoms with van der Waals surface area (Å²) >= 11 is 0. The monoisotopic (exact) mass is 242 g/mol. The van der Waals surface area contributed by atoms with E-state index in [1.165, 1.54) is 7.05 Å². The van der Waals surface area contributed by atoms with Gasteiger partial charge in [-0.2, -0.15) is 13.2 Å². The van der Waals surface area contributed by atoms with Gasteiger partial charge in [-0.15, -0.1) is 0 Å². The van der Waals surface area contributed by atoms with E-state index in [0.29, 0.717) is 6.42 Å². The normalized spacial score (nSPS) is 14.1. The quantitative estimate of drug-likeness (QED) is 0.697. The molecule has 2 N–H and O–H groups in total. The number of carboxylic acid groups (broad SMARTS) is 1. The van der Waals surface area contributed by atoms with Gasteiger partial charge in [-0.25, -0.2) is 0 Å². The van der Waals surface area contributed by atoms with Crippen LogP contribution in [0.2, 0.25) is 0 Å². The zero-order valence-corrected chi connectivity index (χ0v) is 9.34. The van der Waals surface area contributed by atoms with Gasteiger partial charge >= 0.3 is 12.1 Å². The summed E-state index contributed by atoms with van der Waals surface area (Å²) in [5.74, 6) is -1.15. The van der Waals surface area contributed by atoms with Gasteiger partial charge in [0.15, 0.2) is 0 Å². The predicted molar refractivity (Wildman–Crippen MR) is 53.3 cm³/mol. The van der Waals surface area contributed by atoms with Crippen molar-refractivity contribution in [1.82, 2.24) is 10.2 Å². The van der Waals surface area contributed by atoms with Crippen molar-refractivity contribution in [2.24, 2.45) is 0 Å². The molecule has 4 nitrogen and oxygen atoms in total. The predicted octanol–water partition coefficient (Wildman–Crippen LogP) is 0.933. The van der Waals surface area contributed by atoms with E-state index >= 15 is 0 Å². The lowest BCUT2D eigenvalue weighted by Crippen LogP contribution is -2.47. The molecule has 1 atom stereocenters. The minimum absolute atomic E-state index is 0.154. The molecule has 0 saturated carbocycles. The van der Waals surface area contributed by atoms with Gasteiger partial charge in [-0.05, 0) is 20.0 Å². The van der Waals surface area contributed by atoms with Gasteiger partial charge in [-0.1, -0.05) is 6.92 Å². The third-order valence-corrected chi connectivity index (χ3v) is 2.03. The van der Waals surface area contributed by atoms with Gasteiger partial charge in [0, 0.05) is 6.54 Å². The summed E-state index contributed by atoms with van der Waals surface area (Å²) in [6, 6.07) is -0.978. The number of alkyl halides is 3. The van der Waals surface area contributed by atoms with Crippen molar-refractivity contribution in [3.05, 3.63) is 0 Å². The summed E-state index contributed by atoms with van der Waals surface area (Å²) in [7, 11) is 1.41. The number of rotatable bonds is 7. The largest absolute Gasteiger partial charge is 0.480 e. The number of nitrogens with zero attached hydrogens (tertiary/aromatic N) is 1. The molecule has 0 bridgehead atoms. The van der Waals surface area contributed by atoms with E-state index < -0.39 is 24.7 Å². The second kappa shape index (κ2) is 6.70. The van der Waals surface area contributed by atoms with Crippen LogP contribution in [0.1, 0.15) is 13.3 Å². The zero-order chi connectivity index (χ0) is 12.8. The number of carboxylic acids is 1. The average molecular weight is 242 g/mol. The Balaban J connectivity index is 4.36. The van der Waals surface area contributed by atoms with Gasteiger partial charge in [0.25, 0.3) is 0 Å². The Morgan fingerprint density at radius 3 is 2.38 bits per heavy atom. The first kappa shape index (κ1) is 15.2. The van der Waals surface area contributed by atoms with Gasteiger partial charge in [0.1, 0.15) is 6.04 Å². The lowest BCUT2D eigenvalue weighted by atomic mass is 10.2. The average Bonchev–Trinajstić information content (AvgIpc) is 2.11. The molecule has 0 aliphatic rings. The van der Waals surface area contributed by atoms with Crippen LogP contribution in [0.25, 0.3) is 0 Å². The van der Waals surface area contributed by atoms with E-state index in [9.17, 15) is 18.0 Å². The van der Waals surface area contributed by atoms with Crippen molar-refractivity contribution in [3.63, 3.8) is 0 Å². The second-order valence-electron chi connectivity index (χ2n) is 3.53. The summed E-state index contributed by atoms with van der Waals surface area (Å²) < 4.78 is 36.5. The van der Waals surface area contributed by atoms with Crippen LogP contribution in [0.5, 0.6) is 0 Å². The minimum Gasteiger partial charge on any atom is -0.480 e. The summed E-state index contributed by atoms with van der Waals surface area (Å²) in [6.07, 6.45) is -3.75. The van der Waals surface area contributed by atoms with Crippen molar-refractivity contribution in [1.29, 1.82) is 0 Å². The van der Waals surface area contributed by atoms with Crippen LogP contribution >= 0.6 is 0 Å². The molecule has 0 saturated heterocycles. The second-order valence-corrected chi connectivity index (χ2v) is 3.53. The highest BCUT2D eigenvalue weighted by atomic mass is 19.4. The molecule has 0 aromatic carbocycles. The van der Waals surface area contributed by atoms with Crippen molar-refractivity contribution < 1.29 is 23.1 Å². The van der Waals surface area contributed by atoms with Crippen LogP contribution < -0.4 is 5.32 Å². The number of nitrogens with one attached hydrogen (secondary N) is 1. The molecule has 0 aromatic heterocycles. The fourth-order valence-electron chi connectivity index (χ4n) is 1.36. The summed E-state index contributed by atoms with van der Waals surface area (Å²) in [4.78, 5) is 11.8. The number of halogens is 3. The lowest BCUT2D eigenvalue weighted by Gasteiger charge is -2.25. The van der Waals surface area contributed by atoms with Gasteiger partial charge in [0.05, 0.1) is 6.54 Å². The zero-order valence-electron chi connectivity index (χ0n) is 9.34. The van der Waals surface area contributed by atoms with Gasteiger partial charge < -0.3 is 10.4 Å². The Morgan fingerprint density at radius 1 is 1.50 bits per heavy atom. The highest BCUT2D eigenvalue weighted by molar-refractivity contribution is 5.73. The van der Waals surface area contributed by atoms with Crippen LogP contribution in [0.3, 0.4) is 0 Å². The molecule has 0 aliphatic carbocycles. The van der Waals surface area contributed by atoms with Crippen molar-refractivity contribution >= 4 is 5.97 Å². The molecule has 7 heteroatoms. The summed E-state index contributed by atoms with van der Waals surface area (Å²) in [5.41, 5.74) is 0. The lowest BCUT2D eigenvalue weighted by molar-refractivity contribution is -0.151. The van der Waals surface area contributed by atoms with E-state index in [2.05, 4.69) is 5.32 Å². The van der Waals surface area contributed by atoms with E-state index in [-0.39, 0.29) is 13.1 Å². The van der Waals surface area contributed by atoms with Crippen molar-refractivity contribution in [3.8, 4) is 0 Å². The Kier molecular flexibility index (Phi) is 6.35. The molecule has 16 heavy (non-hydrogen) atoms. The Hall–Kier alpha value is -0.820. The molecule has 0 fully saturated rings. The SMILES string of the molecule is CCCN(CC(NC)C(=O)O)CC(F)(F)F. The van der Waals surface area contributed by atoms with Crippen molar-refractivity contribution in [2.75, 3.05) is 26.7 Å². The first-order valence-corrected chi connectivity index (χ1v) is 4.99. The molecular weight excluding hydrogens is 225 g/mol. The molecule has 0 aliphatic heterocycles. The van der Waals surface area contributed by atoms with Crippen LogP contribution in [0, 0.1) is 0 Å². The third-order valence-electron chi connectivity index (χ3n) is 2.03. The summed E-state index contributed by atoms with van der Waals surface area (Å²) in [5, 5.41) is 11.2. The topological polar surface area (TPSA) is 52.6 Å². The molecule has 0 aromatic rings. The summed E-state index contributed by atoms with van der Waals surface area (Å²) in [6.45, 7) is 0.745. The van der Waals surface area contributed by atoms with E-state index in [1.807, 2.05) is 0 Å². The van der Waals surface area contributed by atoms with E-state index in [4.69, 9.17) is 5.11 Å². The smallest absolute Gasteiger partial charge is 0.401 e. The van der Waals surface area contributed by atoms with Gasteiger partial charge in [0.2, 0.25) is 0 Å². The molecule has 0 heterocycles. The highest BCUT2D eigenvalue weighted by Crippen LogP contribution is 2.16. The highest BCUT2D eigenvalue weighted by Gasteiger charge is 2.32. The molecule has 96 valence electrons. The molecule has 0 amide bonds. The Bertz CT molecular complexity index is 221. The number of hydrogen-bond donors (Lipinski definition) is 2. The maximum atomic E-state index is 12.2. The fourth-order valence-corrected chi connectivity index (χ4v) is 1.36. The Morgan fingerprint density at radius 2 is 2.06 bits per heavy atom. The number of carbonyl (C=O) groups is 1. The molecule has 1 unspecified atom stereocenters. The van der Waals surface area contributed by atoms with Crippen molar-refractivity contribution in [2.45, 2.75) is 25.6 Å².